The molecule has 0 aliphatic heterocycles. The Bertz CT molecular complexity index is 620. The summed E-state index contributed by atoms with van der Waals surface area (Å²) in [5, 5.41) is 0. The van der Waals surface area contributed by atoms with Crippen molar-refractivity contribution in [3.05, 3.63) is 52.3 Å². The highest BCUT2D eigenvalue weighted by molar-refractivity contribution is 9.10. The van der Waals surface area contributed by atoms with Gasteiger partial charge in [0.15, 0.2) is 0 Å². The van der Waals surface area contributed by atoms with Crippen molar-refractivity contribution in [1.29, 1.82) is 0 Å². The van der Waals surface area contributed by atoms with Gasteiger partial charge in [-0.3, -0.25) is 0 Å². The van der Waals surface area contributed by atoms with E-state index in [0.29, 0.717) is 11.4 Å². The van der Waals surface area contributed by atoms with E-state index in [-0.39, 0.29) is 18.6 Å². The van der Waals surface area contributed by atoms with Gasteiger partial charge >= 0.3 is 5.97 Å². The predicted octanol–water partition coefficient (Wildman–Crippen LogP) is 3.77. The largest absolute Gasteiger partial charge is 0.456 e. The first-order valence-corrected chi connectivity index (χ1v) is 7.15. The number of hydrogen-bond acceptors (Lipinski definition) is 3. The molecule has 1 heterocycles. The van der Waals surface area contributed by atoms with Crippen LogP contribution in [-0.2, 0) is 11.3 Å². The molecular weight excluding hydrogens is 320 g/mol. The number of nitrogen functional groups attached to an aromatic ring is 1. The number of hydrogen-bond donors (Lipinski definition) is 1. The molecule has 2 rings (SSSR count). The third kappa shape index (κ3) is 3.42. The van der Waals surface area contributed by atoms with Gasteiger partial charge in [-0.2, -0.15) is 0 Å². The summed E-state index contributed by atoms with van der Waals surface area (Å²) in [4.78, 5) is 12.1. The molecule has 4 nitrogen and oxygen atoms in total. The fourth-order valence-electron chi connectivity index (χ4n) is 1.94. The fourth-order valence-corrected chi connectivity index (χ4v) is 2.39. The van der Waals surface area contributed by atoms with Crippen LogP contribution < -0.4 is 5.73 Å². The Labute approximate surface area is 126 Å². The van der Waals surface area contributed by atoms with Gasteiger partial charge in [0.25, 0.3) is 0 Å². The third-order valence-corrected chi connectivity index (χ3v) is 3.39. The lowest BCUT2D eigenvalue weighted by atomic mass is 10.2. The second kappa shape index (κ2) is 6.13. The molecule has 0 aliphatic rings. The van der Waals surface area contributed by atoms with Crippen LogP contribution in [0.5, 0.6) is 0 Å². The van der Waals surface area contributed by atoms with Crippen LogP contribution in [0.25, 0.3) is 0 Å². The van der Waals surface area contributed by atoms with E-state index in [0.717, 1.165) is 10.0 Å². The normalized spacial score (nSPS) is 10.8. The van der Waals surface area contributed by atoms with Gasteiger partial charge in [-0.1, -0.05) is 28.1 Å². The van der Waals surface area contributed by atoms with Crippen LogP contribution in [0.2, 0.25) is 0 Å². The molecule has 2 N–H and O–H groups in total. The van der Waals surface area contributed by atoms with Crippen LogP contribution in [0, 0.1) is 0 Å². The minimum Gasteiger partial charge on any atom is -0.456 e. The number of nitrogens with zero attached hydrogens (tertiary/aromatic N) is 1. The van der Waals surface area contributed by atoms with E-state index in [4.69, 9.17) is 10.5 Å². The van der Waals surface area contributed by atoms with Gasteiger partial charge in [-0.05, 0) is 37.6 Å². The van der Waals surface area contributed by atoms with Gasteiger partial charge < -0.3 is 15.0 Å². The average Bonchev–Trinajstić information content (AvgIpc) is 2.78. The number of carbonyl (C=O) groups excluding carboxylic acids is 1. The lowest BCUT2D eigenvalue weighted by Crippen LogP contribution is -2.13. The quantitative estimate of drug-likeness (QED) is 0.864. The van der Waals surface area contributed by atoms with Gasteiger partial charge in [0, 0.05) is 16.7 Å². The van der Waals surface area contributed by atoms with Crippen LogP contribution >= 0.6 is 15.9 Å². The third-order valence-electron chi connectivity index (χ3n) is 2.89. The first-order valence-electron chi connectivity index (χ1n) is 6.36. The van der Waals surface area contributed by atoms with Crippen molar-refractivity contribution < 1.29 is 9.53 Å². The molecule has 0 radical (unpaired) electrons. The summed E-state index contributed by atoms with van der Waals surface area (Å²) >= 11 is 3.39. The molecule has 5 heteroatoms. The molecule has 0 atom stereocenters. The molecule has 0 fully saturated rings. The maximum absolute atomic E-state index is 12.1. The molecule has 2 aromatic rings. The van der Waals surface area contributed by atoms with Crippen LogP contribution in [-0.4, -0.2) is 10.5 Å². The summed E-state index contributed by atoms with van der Waals surface area (Å²) < 4.78 is 8.11. The van der Waals surface area contributed by atoms with Gasteiger partial charge in [0.05, 0.1) is 5.69 Å². The SMILES string of the molecule is CC(C)n1cc(N)cc1C(=O)OCc1cccc(Br)c1. The molecular formula is C15H17BrN2O2. The number of halogens is 1. The number of nitrogens with two attached hydrogens (primary N) is 1. The molecule has 0 saturated heterocycles. The topological polar surface area (TPSA) is 57.2 Å². The minimum atomic E-state index is -0.365. The molecule has 1 aromatic heterocycles. The second-order valence-corrected chi connectivity index (χ2v) is 5.78. The summed E-state index contributed by atoms with van der Waals surface area (Å²) in [5.74, 6) is -0.365. The Morgan fingerprint density at radius 1 is 1.40 bits per heavy atom. The van der Waals surface area contributed by atoms with Gasteiger partial charge in [-0.15, -0.1) is 0 Å². The van der Waals surface area contributed by atoms with Crippen molar-refractivity contribution in [2.75, 3.05) is 5.73 Å². The number of rotatable bonds is 4. The minimum absolute atomic E-state index is 0.153. The molecule has 0 spiro atoms. The molecule has 0 aliphatic carbocycles. The Kier molecular flexibility index (Phi) is 4.49. The van der Waals surface area contributed by atoms with Crippen LogP contribution in [0.3, 0.4) is 0 Å². The number of anilines is 1. The Balaban J connectivity index is 2.09. The highest BCUT2D eigenvalue weighted by Crippen LogP contribution is 2.18. The summed E-state index contributed by atoms with van der Waals surface area (Å²) in [6.07, 6.45) is 1.75. The first-order chi connectivity index (χ1) is 9.47. The highest BCUT2D eigenvalue weighted by atomic mass is 79.9. The van der Waals surface area contributed by atoms with Crippen molar-refractivity contribution >= 4 is 27.6 Å². The van der Waals surface area contributed by atoms with Gasteiger partial charge in [-0.25, -0.2) is 4.79 Å². The Morgan fingerprint density at radius 2 is 2.15 bits per heavy atom. The van der Waals surface area contributed by atoms with E-state index >= 15 is 0 Å². The van der Waals surface area contributed by atoms with E-state index in [1.165, 1.54) is 0 Å². The lowest BCUT2D eigenvalue weighted by molar-refractivity contribution is 0.0458. The highest BCUT2D eigenvalue weighted by Gasteiger charge is 2.16. The number of esters is 1. The monoisotopic (exact) mass is 336 g/mol. The molecule has 0 bridgehead atoms. The van der Waals surface area contributed by atoms with Crippen molar-refractivity contribution in [3.63, 3.8) is 0 Å². The lowest BCUT2D eigenvalue weighted by Gasteiger charge is -2.12. The average molecular weight is 337 g/mol. The zero-order valence-corrected chi connectivity index (χ0v) is 13.1. The molecule has 0 unspecified atom stereocenters. The number of benzene rings is 1. The smallest absolute Gasteiger partial charge is 0.355 e. The molecule has 0 saturated carbocycles. The van der Waals surface area contributed by atoms with Crippen LogP contribution in [0.15, 0.2) is 41.0 Å². The van der Waals surface area contributed by atoms with Crippen LogP contribution in [0.4, 0.5) is 5.69 Å². The Hall–Kier alpha value is -1.75. The van der Waals surface area contributed by atoms with E-state index in [9.17, 15) is 4.79 Å². The molecule has 1 aromatic carbocycles. The summed E-state index contributed by atoms with van der Waals surface area (Å²) in [6.45, 7) is 4.22. The molecule has 106 valence electrons. The number of carbonyl (C=O) groups is 1. The van der Waals surface area contributed by atoms with Gasteiger partial charge in [0.1, 0.15) is 12.3 Å². The maximum atomic E-state index is 12.1. The first kappa shape index (κ1) is 14.7. The van der Waals surface area contributed by atoms with Crippen molar-refractivity contribution in [2.24, 2.45) is 0 Å². The maximum Gasteiger partial charge on any atom is 0.355 e. The number of ether oxygens (including phenoxy) is 1. The van der Waals surface area contributed by atoms with E-state index in [1.54, 1.807) is 12.3 Å². The fraction of sp³-hybridized carbons (Fsp3) is 0.267. The zero-order chi connectivity index (χ0) is 14.7. The summed E-state index contributed by atoms with van der Waals surface area (Å²) in [5.41, 5.74) is 7.72. The van der Waals surface area contributed by atoms with Crippen molar-refractivity contribution in [3.8, 4) is 0 Å². The van der Waals surface area contributed by atoms with E-state index < -0.39 is 0 Å². The van der Waals surface area contributed by atoms with Crippen LogP contribution in [0.1, 0.15) is 35.9 Å². The van der Waals surface area contributed by atoms with Gasteiger partial charge in [0.2, 0.25) is 0 Å². The van der Waals surface area contributed by atoms with Crippen molar-refractivity contribution in [2.45, 2.75) is 26.5 Å². The predicted molar refractivity (Wildman–Crippen MR) is 82.5 cm³/mol. The van der Waals surface area contributed by atoms with E-state index in [1.807, 2.05) is 42.7 Å². The Morgan fingerprint density at radius 3 is 2.80 bits per heavy atom. The van der Waals surface area contributed by atoms with Crippen molar-refractivity contribution in [1.82, 2.24) is 4.57 Å². The standard InChI is InChI=1S/C15H17BrN2O2/c1-10(2)18-8-13(17)7-14(18)15(19)20-9-11-4-3-5-12(16)6-11/h3-8,10H,9,17H2,1-2H3. The summed E-state index contributed by atoms with van der Waals surface area (Å²) in [6, 6.07) is 9.46. The summed E-state index contributed by atoms with van der Waals surface area (Å²) in [7, 11) is 0. The van der Waals surface area contributed by atoms with E-state index in [2.05, 4.69) is 15.9 Å². The zero-order valence-electron chi connectivity index (χ0n) is 11.5. The number of aromatic nitrogens is 1. The molecule has 0 amide bonds. The molecule has 20 heavy (non-hydrogen) atoms. The second-order valence-electron chi connectivity index (χ2n) is 4.87.